The van der Waals surface area contributed by atoms with Crippen molar-refractivity contribution < 1.29 is 0 Å². The smallest absolute Gasteiger partial charge is 0.124 e. The number of nitrogens with zero attached hydrogens (tertiary/aromatic N) is 2. The third-order valence-electron chi connectivity index (χ3n) is 3.45. The van der Waals surface area contributed by atoms with Gasteiger partial charge in [-0.25, -0.2) is 4.98 Å². The van der Waals surface area contributed by atoms with Crippen molar-refractivity contribution >= 4 is 22.7 Å². The van der Waals surface area contributed by atoms with Crippen LogP contribution in [-0.2, 0) is 6.54 Å². The van der Waals surface area contributed by atoms with Crippen LogP contribution in [0.4, 0.5) is 0 Å². The second-order valence-corrected chi connectivity index (χ2v) is 7.87. The number of nitrogens with two attached hydrogens (primary N) is 1. The molecule has 0 unspecified atom stereocenters. The highest BCUT2D eigenvalue weighted by Crippen LogP contribution is 2.26. The lowest BCUT2D eigenvalue weighted by molar-refractivity contribution is 0.174. The molecule has 0 spiro atoms. The van der Waals surface area contributed by atoms with Gasteiger partial charge in [-0.1, -0.05) is 20.8 Å². The summed E-state index contributed by atoms with van der Waals surface area (Å²) < 4.78 is 0. The lowest BCUT2D eigenvalue weighted by Gasteiger charge is -2.31. The summed E-state index contributed by atoms with van der Waals surface area (Å²) in [5.41, 5.74) is 8.43. The Morgan fingerprint density at radius 3 is 2.76 bits per heavy atom. The summed E-state index contributed by atoms with van der Waals surface area (Å²) in [6.45, 7) is 10.4. The average molecular weight is 324 g/mol. The van der Waals surface area contributed by atoms with Crippen LogP contribution in [0.25, 0.3) is 10.6 Å². The Kier molecular flexibility index (Phi) is 5.93. The second-order valence-electron chi connectivity index (χ2n) is 6.24. The van der Waals surface area contributed by atoms with E-state index in [9.17, 15) is 0 Å². The van der Waals surface area contributed by atoms with Crippen LogP contribution >= 0.6 is 22.7 Å². The van der Waals surface area contributed by atoms with Gasteiger partial charge in [-0.15, -0.1) is 11.3 Å². The van der Waals surface area contributed by atoms with E-state index in [4.69, 9.17) is 10.7 Å². The quantitative estimate of drug-likeness (QED) is 0.796. The summed E-state index contributed by atoms with van der Waals surface area (Å²) in [6, 6.07) is 2.13. The molecule has 0 amide bonds. The summed E-state index contributed by atoms with van der Waals surface area (Å²) in [4.78, 5) is 7.25. The largest absolute Gasteiger partial charge is 0.330 e. The van der Waals surface area contributed by atoms with Crippen molar-refractivity contribution in [3.8, 4) is 10.6 Å². The summed E-state index contributed by atoms with van der Waals surface area (Å²) in [7, 11) is 0. The molecule has 2 aromatic heterocycles. The summed E-state index contributed by atoms with van der Waals surface area (Å²) in [6.07, 6.45) is 1.15. The fourth-order valence-electron chi connectivity index (χ4n) is 2.33. The maximum atomic E-state index is 5.87. The van der Waals surface area contributed by atoms with Crippen molar-refractivity contribution in [3.63, 3.8) is 0 Å². The number of hydrogen-bond donors (Lipinski definition) is 1. The molecule has 0 aliphatic heterocycles. The normalized spacial score (nSPS) is 12.2. The predicted octanol–water partition coefficient (Wildman–Crippen LogP) is 4.07. The number of aromatic nitrogens is 1. The zero-order valence-electron chi connectivity index (χ0n) is 13.1. The van der Waals surface area contributed by atoms with E-state index in [2.05, 4.69) is 47.9 Å². The van der Waals surface area contributed by atoms with Crippen LogP contribution in [0.3, 0.4) is 0 Å². The van der Waals surface area contributed by atoms with Gasteiger partial charge in [0.25, 0.3) is 0 Å². The maximum Gasteiger partial charge on any atom is 0.124 e. The number of rotatable bonds is 8. The molecule has 2 aromatic rings. The van der Waals surface area contributed by atoms with Crippen LogP contribution in [0, 0.1) is 5.41 Å². The maximum absolute atomic E-state index is 5.87. The molecule has 0 atom stereocenters. The molecule has 116 valence electrons. The SMILES string of the molecule is CCCN(Cc1csc(-c2ccsc2)n1)CC(C)(C)CN. The molecule has 0 bridgehead atoms. The fraction of sp³-hybridized carbons (Fsp3) is 0.562. The van der Waals surface area contributed by atoms with Crippen LogP contribution in [0.5, 0.6) is 0 Å². The standard InChI is InChI=1S/C16H25N3S2/c1-4-6-19(12-16(2,3)11-17)8-14-10-21-15(18-14)13-5-7-20-9-13/h5,7,9-10H,4,6,8,11-12,17H2,1-3H3. The number of thiophene rings is 1. The van der Waals surface area contributed by atoms with E-state index < -0.39 is 0 Å². The molecule has 0 aliphatic carbocycles. The zero-order chi connectivity index (χ0) is 15.3. The third-order valence-corrected chi connectivity index (χ3v) is 5.07. The molecule has 5 heteroatoms. The number of thiazole rings is 1. The first kappa shape index (κ1) is 16.6. The van der Waals surface area contributed by atoms with Crippen molar-refractivity contribution in [2.45, 2.75) is 33.7 Å². The van der Waals surface area contributed by atoms with Gasteiger partial charge in [0.2, 0.25) is 0 Å². The van der Waals surface area contributed by atoms with Crippen molar-refractivity contribution in [2.24, 2.45) is 11.1 Å². The first-order valence-corrected chi connectivity index (χ1v) is 9.25. The average Bonchev–Trinajstić information content (AvgIpc) is 3.08. The summed E-state index contributed by atoms with van der Waals surface area (Å²) in [5.74, 6) is 0. The molecule has 21 heavy (non-hydrogen) atoms. The first-order chi connectivity index (χ1) is 10.0. The second kappa shape index (κ2) is 7.49. The minimum Gasteiger partial charge on any atom is -0.330 e. The molecular formula is C16H25N3S2. The Morgan fingerprint density at radius 2 is 2.14 bits per heavy atom. The minimum absolute atomic E-state index is 0.154. The molecule has 0 saturated carbocycles. The van der Waals surface area contributed by atoms with Gasteiger partial charge in [-0.05, 0) is 36.4 Å². The fourth-order valence-corrected chi connectivity index (χ4v) is 3.85. The topological polar surface area (TPSA) is 42.2 Å². The highest BCUT2D eigenvalue weighted by atomic mass is 32.1. The zero-order valence-corrected chi connectivity index (χ0v) is 14.8. The predicted molar refractivity (Wildman–Crippen MR) is 93.8 cm³/mol. The Bertz CT molecular complexity index is 531. The van der Waals surface area contributed by atoms with Gasteiger partial charge in [0.05, 0.1) is 5.69 Å². The molecule has 3 nitrogen and oxygen atoms in total. The summed E-state index contributed by atoms with van der Waals surface area (Å²) >= 11 is 3.45. The van der Waals surface area contributed by atoms with Gasteiger partial charge < -0.3 is 5.73 Å². The van der Waals surface area contributed by atoms with E-state index >= 15 is 0 Å². The van der Waals surface area contributed by atoms with Crippen molar-refractivity contribution in [1.29, 1.82) is 0 Å². The van der Waals surface area contributed by atoms with Crippen LogP contribution in [0.15, 0.2) is 22.2 Å². The van der Waals surface area contributed by atoms with Crippen LogP contribution < -0.4 is 5.73 Å². The van der Waals surface area contributed by atoms with E-state index in [1.54, 1.807) is 22.7 Å². The first-order valence-electron chi connectivity index (χ1n) is 7.43. The molecule has 2 N–H and O–H groups in total. The lowest BCUT2D eigenvalue weighted by Crippen LogP contribution is -2.38. The van der Waals surface area contributed by atoms with Crippen molar-refractivity contribution in [1.82, 2.24) is 9.88 Å². The molecule has 0 aliphatic rings. The third kappa shape index (κ3) is 4.88. The highest BCUT2D eigenvalue weighted by molar-refractivity contribution is 7.14. The Morgan fingerprint density at radius 1 is 1.33 bits per heavy atom. The monoisotopic (exact) mass is 323 g/mol. The minimum atomic E-state index is 0.154. The van der Waals surface area contributed by atoms with Gasteiger partial charge in [-0.2, -0.15) is 11.3 Å². The van der Waals surface area contributed by atoms with Gasteiger partial charge in [0.15, 0.2) is 0 Å². The lowest BCUT2D eigenvalue weighted by atomic mass is 9.93. The van der Waals surface area contributed by atoms with Crippen molar-refractivity contribution in [3.05, 3.63) is 27.9 Å². The van der Waals surface area contributed by atoms with Crippen LogP contribution in [0.2, 0.25) is 0 Å². The van der Waals surface area contributed by atoms with Crippen molar-refractivity contribution in [2.75, 3.05) is 19.6 Å². The highest BCUT2D eigenvalue weighted by Gasteiger charge is 2.20. The van der Waals surface area contributed by atoms with E-state index in [0.29, 0.717) is 6.54 Å². The molecule has 2 heterocycles. The number of hydrogen-bond acceptors (Lipinski definition) is 5. The van der Waals surface area contributed by atoms with Gasteiger partial charge >= 0.3 is 0 Å². The van der Waals surface area contributed by atoms with E-state index in [1.807, 2.05) is 0 Å². The molecule has 0 fully saturated rings. The molecule has 0 radical (unpaired) electrons. The van der Waals surface area contributed by atoms with Gasteiger partial charge in [0, 0.05) is 29.4 Å². The van der Waals surface area contributed by atoms with E-state index in [0.717, 1.165) is 31.1 Å². The Hall–Kier alpha value is -0.750. The molecular weight excluding hydrogens is 298 g/mol. The van der Waals surface area contributed by atoms with E-state index in [-0.39, 0.29) is 5.41 Å². The van der Waals surface area contributed by atoms with E-state index in [1.165, 1.54) is 11.3 Å². The van der Waals surface area contributed by atoms with Gasteiger partial charge in [0.1, 0.15) is 5.01 Å². The molecule has 0 saturated heterocycles. The van der Waals surface area contributed by atoms with Crippen LogP contribution in [0.1, 0.15) is 32.9 Å². The molecule has 2 rings (SSSR count). The van der Waals surface area contributed by atoms with Crippen LogP contribution in [-0.4, -0.2) is 29.5 Å². The summed E-state index contributed by atoms with van der Waals surface area (Å²) in [5, 5.41) is 7.57. The Balaban J connectivity index is 2.03. The Labute approximate surface area is 135 Å². The molecule has 0 aromatic carbocycles. The van der Waals surface area contributed by atoms with Gasteiger partial charge in [-0.3, -0.25) is 4.90 Å².